The second-order valence-corrected chi connectivity index (χ2v) is 12.8. The lowest BCUT2D eigenvalue weighted by molar-refractivity contribution is 0.251. The number of nitrogens with one attached hydrogen (secondary N) is 2. The molecule has 0 saturated heterocycles. The van der Waals surface area contributed by atoms with Crippen LogP contribution in [0.5, 0.6) is 0 Å². The van der Waals surface area contributed by atoms with Crippen molar-refractivity contribution in [3.63, 3.8) is 0 Å². The van der Waals surface area contributed by atoms with Crippen LogP contribution in [0.15, 0.2) is 36.4 Å². The summed E-state index contributed by atoms with van der Waals surface area (Å²) in [5, 5.41) is 28.5. The van der Waals surface area contributed by atoms with Gasteiger partial charge in [-0.1, -0.05) is 46.9 Å². The van der Waals surface area contributed by atoms with E-state index in [2.05, 4.69) is 81.3 Å². The molecule has 2 aromatic carbocycles. The minimum atomic E-state index is -0.260. The summed E-state index contributed by atoms with van der Waals surface area (Å²) in [6, 6.07) is 12.8. The molecule has 0 aliphatic heterocycles. The Hall–Kier alpha value is -2.92. The van der Waals surface area contributed by atoms with Crippen LogP contribution in [0.1, 0.15) is 69.7 Å². The fourth-order valence-corrected chi connectivity index (χ4v) is 7.05. The topological polar surface area (TPSA) is 128 Å². The van der Waals surface area contributed by atoms with E-state index in [0.29, 0.717) is 13.1 Å². The van der Waals surface area contributed by atoms with Gasteiger partial charge in [-0.25, -0.2) is 0 Å². The highest BCUT2D eigenvalue weighted by molar-refractivity contribution is 7.11. The van der Waals surface area contributed by atoms with Crippen molar-refractivity contribution in [3.05, 3.63) is 67.6 Å². The highest BCUT2D eigenvalue weighted by Gasteiger charge is 2.38. The van der Waals surface area contributed by atoms with Crippen molar-refractivity contribution in [3.8, 4) is 11.1 Å². The van der Waals surface area contributed by atoms with Crippen LogP contribution in [0.25, 0.3) is 11.1 Å². The molecule has 0 radical (unpaired) electrons. The van der Waals surface area contributed by atoms with Crippen molar-refractivity contribution in [1.82, 2.24) is 20.4 Å². The Morgan fingerprint density at radius 2 is 1.11 bits per heavy atom. The van der Waals surface area contributed by atoms with Crippen molar-refractivity contribution >= 4 is 34.0 Å². The summed E-state index contributed by atoms with van der Waals surface area (Å²) >= 11 is 3.25. The second-order valence-electron chi connectivity index (χ2n) is 10.7. The molecule has 2 fully saturated rings. The van der Waals surface area contributed by atoms with Crippen LogP contribution in [-0.4, -0.2) is 20.4 Å². The molecule has 6 rings (SSSR count). The van der Waals surface area contributed by atoms with Gasteiger partial charge in [-0.3, -0.25) is 0 Å². The molecule has 6 N–H and O–H groups in total. The van der Waals surface area contributed by atoms with Crippen LogP contribution >= 0.6 is 22.7 Å². The Bertz CT molecular complexity index is 1340. The van der Waals surface area contributed by atoms with E-state index in [1.807, 2.05) is 0 Å². The van der Waals surface area contributed by atoms with E-state index in [0.717, 1.165) is 57.1 Å². The van der Waals surface area contributed by atoms with Crippen molar-refractivity contribution in [2.24, 2.45) is 11.5 Å². The maximum absolute atomic E-state index is 6.43. The Morgan fingerprint density at radius 1 is 0.684 bits per heavy atom. The summed E-state index contributed by atoms with van der Waals surface area (Å²) in [5.74, 6) is 0. The molecule has 2 aromatic heterocycles. The fourth-order valence-electron chi connectivity index (χ4n) is 5.18. The minimum absolute atomic E-state index is 0.260. The van der Waals surface area contributed by atoms with E-state index in [1.165, 1.54) is 35.1 Å². The Morgan fingerprint density at radius 3 is 1.47 bits per heavy atom. The van der Waals surface area contributed by atoms with Crippen molar-refractivity contribution in [1.29, 1.82) is 0 Å². The third-order valence-corrected chi connectivity index (χ3v) is 10.4. The van der Waals surface area contributed by atoms with Gasteiger partial charge in [0.15, 0.2) is 0 Å². The first kappa shape index (κ1) is 25.4. The first-order valence-electron chi connectivity index (χ1n) is 13.3. The Kier molecular flexibility index (Phi) is 6.67. The molecule has 0 amide bonds. The predicted molar refractivity (Wildman–Crippen MR) is 155 cm³/mol. The molecule has 0 atom stereocenters. The van der Waals surface area contributed by atoms with E-state index >= 15 is 0 Å². The van der Waals surface area contributed by atoms with Gasteiger partial charge < -0.3 is 22.1 Å². The number of nitrogens with zero attached hydrogens (tertiary/aromatic N) is 4. The number of hydrogen-bond acceptors (Lipinski definition) is 10. The molecule has 2 aliphatic carbocycles. The number of benzene rings is 2. The fraction of sp³-hybridized carbons (Fsp3) is 0.429. The SMILES string of the molecule is Cc1c(NCc2nnc(C3(N)CCC3)s2)cccc1-c1cccc(NCc2nnc(C3(N)CCC3)s2)c1C. The smallest absolute Gasteiger partial charge is 0.137 e. The predicted octanol–water partition coefficient (Wildman–Crippen LogP) is 5.57. The molecule has 0 unspecified atom stereocenters. The quantitative estimate of drug-likeness (QED) is 0.214. The molecule has 2 saturated carbocycles. The molecule has 2 heterocycles. The van der Waals surface area contributed by atoms with Gasteiger partial charge >= 0.3 is 0 Å². The van der Waals surface area contributed by atoms with Gasteiger partial charge in [0, 0.05) is 11.4 Å². The molecule has 4 aromatic rings. The van der Waals surface area contributed by atoms with E-state index in [-0.39, 0.29) is 11.1 Å². The zero-order valence-electron chi connectivity index (χ0n) is 21.9. The summed E-state index contributed by atoms with van der Waals surface area (Å²) < 4.78 is 0. The van der Waals surface area contributed by atoms with Crippen LogP contribution < -0.4 is 22.1 Å². The lowest BCUT2D eigenvalue weighted by atomic mass is 9.78. The van der Waals surface area contributed by atoms with Crippen molar-refractivity contribution < 1.29 is 0 Å². The zero-order chi connectivity index (χ0) is 26.3. The average molecular weight is 547 g/mol. The van der Waals surface area contributed by atoms with Crippen molar-refractivity contribution in [2.75, 3.05) is 10.6 Å². The molecular weight excluding hydrogens is 512 g/mol. The number of hydrogen-bond donors (Lipinski definition) is 4. The lowest BCUT2D eigenvalue weighted by Crippen LogP contribution is -2.43. The first-order chi connectivity index (χ1) is 18.3. The molecule has 8 nitrogen and oxygen atoms in total. The summed E-state index contributed by atoms with van der Waals surface area (Å²) in [5.41, 5.74) is 19.3. The maximum atomic E-state index is 6.43. The monoisotopic (exact) mass is 546 g/mol. The van der Waals surface area contributed by atoms with Crippen LogP contribution in [0.3, 0.4) is 0 Å². The van der Waals surface area contributed by atoms with Crippen LogP contribution in [0.2, 0.25) is 0 Å². The van der Waals surface area contributed by atoms with Gasteiger partial charge in [0.2, 0.25) is 0 Å². The second kappa shape index (κ2) is 10.00. The molecule has 198 valence electrons. The van der Waals surface area contributed by atoms with Gasteiger partial charge in [-0.2, -0.15) is 0 Å². The largest absolute Gasteiger partial charge is 0.378 e. The molecule has 0 bridgehead atoms. The number of anilines is 2. The molecule has 10 heteroatoms. The number of rotatable bonds is 9. The van der Waals surface area contributed by atoms with Crippen LogP contribution in [-0.2, 0) is 24.2 Å². The highest BCUT2D eigenvalue weighted by atomic mass is 32.1. The summed E-state index contributed by atoms with van der Waals surface area (Å²) in [7, 11) is 0. The molecular formula is C28H34N8S2. The maximum Gasteiger partial charge on any atom is 0.137 e. The molecule has 2 aliphatic rings. The normalized spacial score (nSPS) is 17.5. The van der Waals surface area contributed by atoms with Gasteiger partial charge in [-0.05, 0) is 86.8 Å². The third kappa shape index (κ3) is 4.70. The van der Waals surface area contributed by atoms with Gasteiger partial charge in [0.25, 0.3) is 0 Å². The first-order valence-corrected chi connectivity index (χ1v) is 14.9. The van der Waals surface area contributed by atoms with E-state index in [1.54, 1.807) is 22.7 Å². The number of nitrogens with two attached hydrogens (primary N) is 2. The molecule has 0 spiro atoms. The van der Waals surface area contributed by atoms with E-state index < -0.39 is 0 Å². The van der Waals surface area contributed by atoms with Crippen molar-refractivity contribution in [2.45, 2.75) is 76.5 Å². The van der Waals surface area contributed by atoms with Crippen LogP contribution in [0.4, 0.5) is 11.4 Å². The lowest BCUT2D eigenvalue weighted by Gasteiger charge is -2.35. The van der Waals surface area contributed by atoms with E-state index in [9.17, 15) is 0 Å². The average Bonchev–Trinajstić information content (AvgIpc) is 3.55. The van der Waals surface area contributed by atoms with Gasteiger partial charge in [-0.15, -0.1) is 20.4 Å². The number of aromatic nitrogens is 4. The van der Waals surface area contributed by atoms with Crippen LogP contribution in [0, 0.1) is 13.8 Å². The standard InChI is InChI=1S/C28H34N8S2/c1-17-19(7-3-9-21(17)31-15-23-33-35-25(37-23)27(29)11-5-12-27)20-8-4-10-22(18(20)2)32-16-24-34-36-26(38-24)28(30)13-6-14-28/h3-4,7-10,31-32H,5-6,11-16,29-30H2,1-2H3. The summed E-state index contributed by atoms with van der Waals surface area (Å²) in [6.45, 7) is 5.59. The Balaban J connectivity index is 1.15. The molecule has 38 heavy (non-hydrogen) atoms. The Labute approximate surface area is 231 Å². The minimum Gasteiger partial charge on any atom is -0.378 e. The summed E-state index contributed by atoms with van der Waals surface area (Å²) in [6.07, 6.45) is 6.34. The highest BCUT2D eigenvalue weighted by Crippen LogP contribution is 2.41. The van der Waals surface area contributed by atoms with Gasteiger partial charge in [0.05, 0.1) is 24.2 Å². The van der Waals surface area contributed by atoms with E-state index in [4.69, 9.17) is 11.5 Å². The zero-order valence-corrected chi connectivity index (χ0v) is 23.5. The van der Waals surface area contributed by atoms with Gasteiger partial charge in [0.1, 0.15) is 20.0 Å². The summed E-state index contributed by atoms with van der Waals surface area (Å²) in [4.78, 5) is 0. The third-order valence-electron chi connectivity index (χ3n) is 8.10.